The lowest BCUT2D eigenvalue weighted by molar-refractivity contribution is -0.121. The van der Waals surface area contributed by atoms with Crippen LogP contribution in [-0.4, -0.2) is 47.4 Å². The summed E-state index contributed by atoms with van der Waals surface area (Å²) >= 11 is 7.60. The molecule has 7 heteroatoms. The predicted octanol–water partition coefficient (Wildman–Crippen LogP) is 4.72. The largest absolute Gasteiger partial charge is 0.332 e. The second-order valence-electron chi connectivity index (χ2n) is 7.49. The van der Waals surface area contributed by atoms with Gasteiger partial charge in [0, 0.05) is 36.6 Å². The highest BCUT2D eigenvalue weighted by molar-refractivity contribution is 7.16. The molecule has 2 aliphatic heterocycles. The number of fused-ring (bicyclic) bond motifs is 1. The number of anilines is 1. The summed E-state index contributed by atoms with van der Waals surface area (Å²) in [6, 6.07) is 20.7. The number of benzene rings is 2. The summed E-state index contributed by atoms with van der Waals surface area (Å²) in [6.07, 6.45) is 0. The average molecular weight is 438 g/mol. The van der Waals surface area contributed by atoms with Gasteiger partial charge in [0.1, 0.15) is 6.04 Å². The molecule has 3 heterocycles. The van der Waals surface area contributed by atoms with Crippen molar-refractivity contribution in [3.63, 3.8) is 0 Å². The Morgan fingerprint density at radius 3 is 2.47 bits per heavy atom. The van der Waals surface area contributed by atoms with Crippen molar-refractivity contribution < 1.29 is 9.59 Å². The standard InChI is InChI=1S/C23H20ClN3O2S/c24-21-11-10-17(30-21)14-25-12-13-26-20(15-25)22(28)27(23(26)29)19-9-5-4-8-18(19)16-6-2-1-3-7-16/h1-11,20H,12-15H2. The molecule has 1 atom stereocenters. The second kappa shape index (κ2) is 7.87. The summed E-state index contributed by atoms with van der Waals surface area (Å²) < 4.78 is 0.763. The van der Waals surface area contributed by atoms with Crippen molar-refractivity contribution in [3.8, 4) is 11.1 Å². The Morgan fingerprint density at radius 1 is 0.933 bits per heavy atom. The van der Waals surface area contributed by atoms with E-state index in [1.54, 1.807) is 16.2 Å². The van der Waals surface area contributed by atoms with Crippen molar-refractivity contribution in [2.24, 2.45) is 0 Å². The summed E-state index contributed by atoms with van der Waals surface area (Å²) in [6.45, 7) is 2.55. The van der Waals surface area contributed by atoms with Crippen LogP contribution in [0.15, 0.2) is 66.7 Å². The third-order valence-corrected chi connectivity index (χ3v) is 6.86. The number of para-hydroxylation sites is 1. The molecule has 2 saturated heterocycles. The van der Waals surface area contributed by atoms with Crippen LogP contribution in [0.2, 0.25) is 4.34 Å². The summed E-state index contributed by atoms with van der Waals surface area (Å²) in [5.74, 6) is -0.155. The Kier molecular flexibility index (Phi) is 5.06. The first-order valence-corrected chi connectivity index (χ1v) is 11.1. The van der Waals surface area contributed by atoms with Crippen LogP contribution in [0.25, 0.3) is 11.1 Å². The van der Waals surface area contributed by atoms with Gasteiger partial charge in [-0.25, -0.2) is 9.69 Å². The zero-order chi connectivity index (χ0) is 20.7. The van der Waals surface area contributed by atoms with E-state index in [0.29, 0.717) is 18.8 Å². The zero-order valence-corrected chi connectivity index (χ0v) is 17.8. The molecular weight excluding hydrogens is 418 g/mol. The van der Waals surface area contributed by atoms with E-state index < -0.39 is 6.04 Å². The van der Waals surface area contributed by atoms with Crippen LogP contribution < -0.4 is 4.90 Å². The number of hydrogen-bond donors (Lipinski definition) is 0. The van der Waals surface area contributed by atoms with Crippen molar-refractivity contribution in [1.29, 1.82) is 0 Å². The van der Waals surface area contributed by atoms with E-state index in [9.17, 15) is 9.59 Å². The maximum Gasteiger partial charge on any atom is 0.332 e. The molecule has 0 saturated carbocycles. The fourth-order valence-electron chi connectivity index (χ4n) is 4.20. The van der Waals surface area contributed by atoms with Crippen LogP contribution in [0.1, 0.15) is 4.88 Å². The quantitative estimate of drug-likeness (QED) is 0.554. The molecule has 0 aliphatic carbocycles. The van der Waals surface area contributed by atoms with E-state index in [2.05, 4.69) is 4.90 Å². The highest BCUT2D eigenvalue weighted by Crippen LogP contribution is 2.35. The summed E-state index contributed by atoms with van der Waals surface area (Å²) in [5.41, 5.74) is 2.50. The lowest BCUT2D eigenvalue weighted by Gasteiger charge is -2.34. The number of nitrogens with zero attached hydrogens (tertiary/aromatic N) is 3. The third kappa shape index (κ3) is 3.41. The van der Waals surface area contributed by atoms with Crippen molar-refractivity contribution in [2.45, 2.75) is 12.6 Å². The lowest BCUT2D eigenvalue weighted by atomic mass is 10.0. The molecule has 2 fully saturated rings. The minimum Gasteiger partial charge on any atom is -0.309 e. The fraction of sp³-hybridized carbons (Fsp3) is 0.217. The van der Waals surface area contributed by atoms with Gasteiger partial charge in [0.15, 0.2) is 0 Å². The Morgan fingerprint density at radius 2 is 1.70 bits per heavy atom. The van der Waals surface area contributed by atoms with Gasteiger partial charge in [0.05, 0.1) is 10.0 Å². The predicted molar refractivity (Wildman–Crippen MR) is 120 cm³/mol. The van der Waals surface area contributed by atoms with Crippen molar-refractivity contribution in [3.05, 3.63) is 75.9 Å². The molecule has 30 heavy (non-hydrogen) atoms. The van der Waals surface area contributed by atoms with E-state index >= 15 is 0 Å². The van der Waals surface area contributed by atoms with Crippen molar-refractivity contribution >= 4 is 40.6 Å². The minimum atomic E-state index is -0.453. The SMILES string of the molecule is O=C1C2CN(Cc3ccc(Cl)s3)CCN2C(=O)N1c1ccccc1-c1ccccc1. The van der Waals surface area contributed by atoms with Gasteiger partial charge in [0.25, 0.3) is 5.91 Å². The molecule has 152 valence electrons. The first-order valence-electron chi connectivity index (χ1n) is 9.87. The summed E-state index contributed by atoms with van der Waals surface area (Å²) in [4.78, 5) is 33.0. The lowest BCUT2D eigenvalue weighted by Crippen LogP contribution is -2.52. The highest BCUT2D eigenvalue weighted by atomic mass is 35.5. The summed E-state index contributed by atoms with van der Waals surface area (Å²) in [5, 5.41) is 0. The number of rotatable bonds is 4. The van der Waals surface area contributed by atoms with E-state index in [-0.39, 0.29) is 11.9 Å². The summed E-state index contributed by atoms with van der Waals surface area (Å²) in [7, 11) is 0. The molecule has 1 aromatic heterocycles. The number of imide groups is 1. The van der Waals surface area contributed by atoms with Gasteiger partial charge < -0.3 is 4.90 Å². The molecule has 0 spiro atoms. The van der Waals surface area contributed by atoms with Crippen LogP contribution in [0.3, 0.4) is 0 Å². The van der Waals surface area contributed by atoms with Gasteiger partial charge in [-0.15, -0.1) is 11.3 Å². The first-order chi connectivity index (χ1) is 14.6. The van der Waals surface area contributed by atoms with Gasteiger partial charge in [-0.1, -0.05) is 60.1 Å². The number of carbonyl (C=O) groups is 2. The van der Waals surface area contributed by atoms with Gasteiger partial charge in [-0.05, 0) is 23.8 Å². The average Bonchev–Trinajstić information content (AvgIpc) is 3.29. The highest BCUT2D eigenvalue weighted by Gasteiger charge is 2.48. The van der Waals surface area contributed by atoms with E-state index in [1.165, 1.54) is 4.90 Å². The Balaban J connectivity index is 1.42. The molecule has 3 amide bonds. The number of hydrogen-bond acceptors (Lipinski definition) is 4. The molecular formula is C23H20ClN3O2S. The van der Waals surface area contributed by atoms with E-state index in [0.717, 1.165) is 33.4 Å². The number of halogens is 1. The Labute approximate surface area is 184 Å². The number of carbonyl (C=O) groups excluding carboxylic acids is 2. The Hall–Kier alpha value is -2.67. The zero-order valence-electron chi connectivity index (χ0n) is 16.2. The van der Waals surface area contributed by atoms with Crippen molar-refractivity contribution in [2.75, 3.05) is 24.5 Å². The monoisotopic (exact) mass is 437 g/mol. The topological polar surface area (TPSA) is 43.9 Å². The number of urea groups is 1. The van der Waals surface area contributed by atoms with Crippen LogP contribution in [0, 0.1) is 0 Å². The molecule has 5 nitrogen and oxygen atoms in total. The number of amides is 3. The minimum absolute atomic E-state index is 0.155. The van der Waals surface area contributed by atoms with Crippen LogP contribution >= 0.6 is 22.9 Å². The van der Waals surface area contributed by atoms with Gasteiger partial charge in [-0.3, -0.25) is 9.69 Å². The van der Waals surface area contributed by atoms with Gasteiger partial charge >= 0.3 is 6.03 Å². The van der Waals surface area contributed by atoms with Crippen LogP contribution in [0.5, 0.6) is 0 Å². The third-order valence-electron chi connectivity index (χ3n) is 5.64. The molecule has 1 unspecified atom stereocenters. The molecule has 2 aliphatic rings. The normalized spacial score (nSPS) is 19.4. The molecule has 3 aromatic rings. The van der Waals surface area contributed by atoms with Crippen LogP contribution in [-0.2, 0) is 11.3 Å². The van der Waals surface area contributed by atoms with Gasteiger partial charge in [-0.2, -0.15) is 0 Å². The van der Waals surface area contributed by atoms with Crippen molar-refractivity contribution in [1.82, 2.24) is 9.80 Å². The molecule has 0 bridgehead atoms. The molecule has 2 aromatic carbocycles. The maximum absolute atomic E-state index is 13.4. The number of piperazine rings is 1. The van der Waals surface area contributed by atoms with Crippen LogP contribution in [0.4, 0.5) is 10.5 Å². The second-order valence-corrected chi connectivity index (χ2v) is 9.29. The Bertz CT molecular complexity index is 1100. The van der Waals surface area contributed by atoms with Gasteiger partial charge in [0.2, 0.25) is 0 Å². The van der Waals surface area contributed by atoms with E-state index in [1.807, 2.05) is 66.7 Å². The molecule has 0 radical (unpaired) electrons. The molecule has 0 N–H and O–H groups in total. The first kappa shape index (κ1) is 19.3. The molecule has 5 rings (SSSR count). The van der Waals surface area contributed by atoms with E-state index in [4.69, 9.17) is 11.6 Å². The number of thiophene rings is 1. The smallest absolute Gasteiger partial charge is 0.309 e. The maximum atomic E-state index is 13.4. The fourth-order valence-corrected chi connectivity index (χ4v) is 5.33.